The highest BCUT2D eigenvalue weighted by molar-refractivity contribution is 5.97. The molecule has 3 rings (SSSR count). The first-order valence-corrected chi connectivity index (χ1v) is 9.38. The molecule has 2 atom stereocenters. The van der Waals surface area contributed by atoms with Gasteiger partial charge in [0.1, 0.15) is 6.61 Å². The molecule has 7 nitrogen and oxygen atoms in total. The van der Waals surface area contributed by atoms with Gasteiger partial charge in [0.25, 0.3) is 5.91 Å². The van der Waals surface area contributed by atoms with Crippen molar-refractivity contribution in [2.45, 2.75) is 44.9 Å². The lowest BCUT2D eigenvalue weighted by Crippen LogP contribution is -2.49. The van der Waals surface area contributed by atoms with E-state index in [0.29, 0.717) is 19.6 Å². The fourth-order valence-corrected chi connectivity index (χ4v) is 3.70. The van der Waals surface area contributed by atoms with E-state index >= 15 is 0 Å². The molecule has 0 aromatic heterocycles. The van der Waals surface area contributed by atoms with Crippen molar-refractivity contribution < 1.29 is 19.1 Å². The van der Waals surface area contributed by atoms with Gasteiger partial charge in [0.15, 0.2) is 0 Å². The molecule has 1 aromatic rings. The normalized spacial score (nSPS) is 24.3. The van der Waals surface area contributed by atoms with Gasteiger partial charge < -0.3 is 19.7 Å². The molecule has 2 aliphatic heterocycles. The number of morpholine rings is 1. The van der Waals surface area contributed by atoms with Gasteiger partial charge in [-0.3, -0.25) is 14.5 Å². The fourth-order valence-electron chi connectivity index (χ4n) is 3.70. The summed E-state index contributed by atoms with van der Waals surface area (Å²) in [5.74, 6) is -0.0740. The summed E-state index contributed by atoms with van der Waals surface area (Å²) >= 11 is 0. The van der Waals surface area contributed by atoms with Crippen LogP contribution in [0.1, 0.15) is 27.2 Å². The Morgan fingerprint density at radius 1 is 1.26 bits per heavy atom. The zero-order valence-corrected chi connectivity index (χ0v) is 16.5. The third-order valence-corrected chi connectivity index (χ3v) is 5.19. The highest BCUT2D eigenvalue weighted by Crippen LogP contribution is 2.29. The summed E-state index contributed by atoms with van der Waals surface area (Å²) in [5, 5.41) is 3.01. The number of nitrogens with one attached hydrogen (secondary N) is 1. The van der Waals surface area contributed by atoms with Crippen molar-refractivity contribution in [3.8, 4) is 0 Å². The zero-order valence-electron chi connectivity index (χ0n) is 16.5. The Bertz CT molecular complexity index is 683. The number of anilines is 2. The molecular weight excluding hydrogens is 346 g/mol. The van der Waals surface area contributed by atoms with Crippen LogP contribution in [-0.2, 0) is 19.1 Å². The number of amides is 2. The smallest absolute Gasteiger partial charge is 0.253 e. The topological polar surface area (TPSA) is 71.1 Å². The fraction of sp³-hybridized carbons (Fsp3) is 0.600. The van der Waals surface area contributed by atoms with Crippen LogP contribution < -0.4 is 10.2 Å². The van der Waals surface area contributed by atoms with Gasteiger partial charge in [-0.1, -0.05) is 0 Å². The molecule has 2 fully saturated rings. The Hall–Kier alpha value is -1.96. The lowest BCUT2D eigenvalue weighted by Gasteiger charge is -2.36. The minimum Gasteiger partial charge on any atom is -0.380 e. The maximum atomic E-state index is 12.9. The SMILES string of the molecule is CO[C@@H]1C[C@H](C(=O)Nc2ccc(N3CCOCC3=O)cc2)N(C(C)(C)C)C1. The standard InChI is InChI=1S/C20H29N3O4/c1-20(2,3)23-12-16(26-4)11-17(23)19(25)21-14-5-7-15(8-6-14)22-9-10-27-13-18(22)24/h5-8,16-17H,9-13H2,1-4H3,(H,21,25)/t16-,17-/m1/s1. The summed E-state index contributed by atoms with van der Waals surface area (Å²) in [7, 11) is 1.69. The largest absolute Gasteiger partial charge is 0.380 e. The Balaban J connectivity index is 1.67. The lowest BCUT2D eigenvalue weighted by atomic mass is 10.0. The van der Waals surface area contributed by atoms with E-state index in [1.165, 1.54) is 0 Å². The van der Waals surface area contributed by atoms with Gasteiger partial charge in [-0.15, -0.1) is 0 Å². The van der Waals surface area contributed by atoms with Gasteiger partial charge in [-0.25, -0.2) is 0 Å². The predicted octanol–water partition coefficient (Wildman–Crippen LogP) is 1.88. The van der Waals surface area contributed by atoms with E-state index in [-0.39, 0.29) is 36.1 Å². The minimum absolute atomic E-state index is 0.0281. The van der Waals surface area contributed by atoms with Crippen molar-refractivity contribution in [2.75, 3.05) is 43.6 Å². The number of hydrogen-bond donors (Lipinski definition) is 1. The molecule has 7 heteroatoms. The summed E-state index contributed by atoms with van der Waals surface area (Å²) in [5.41, 5.74) is 1.42. The summed E-state index contributed by atoms with van der Waals surface area (Å²) in [6, 6.07) is 7.15. The first-order valence-electron chi connectivity index (χ1n) is 9.38. The molecule has 2 heterocycles. The van der Waals surface area contributed by atoms with Crippen molar-refractivity contribution in [2.24, 2.45) is 0 Å². The second-order valence-corrected chi connectivity index (χ2v) is 8.07. The Kier molecular flexibility index (Phi) is 5.83. The third-order valence-electron chi connectivity index (χ3n) is 5.19. The number of nitrogens with zero attached hydrogens (tertiary/aromatic N) is 2. The van der Waals surface area contributed by atoms with Crippen LogP contribution in [0.4, 0.5) is 11.4 Å². The second kappa shape index (κ2) is 7.96. The van der Waals surface area contributed by atoms with Gasteiger partial charge >= 0.3 is 0 Å². The van der Waals surface area contributed by atoms with Crippen LogP contribution in [0.3, 0.4) is 0 Å². The number of methoxy groups -OCH3 is 1. The summed E-state index contributed by atoms with van der Waals surface area (Å²) in [6.07, 6.45) is 0.745. The van der Waals surface area contributed by atoms with Crippen LogP contribution in [0.2, 0.25) is 0 Å². The van der Waals surface area contributed by atoms with E-state index < -0.39 is 0 Å². The monoisotopic (exact) mass is 375 g/mol. The number of carbonyl (C=O) groups is 2. The molecular formula is C20H29N3O4. The predicted molar refractivity (Wildman–Crippen MR) is 104 cm³/mol. The summed E-state index contributed by atoms with van der Waals surface area (Å²) in [4.78, 5) is 28.7. The Labute approximate surface area is 160 Å². The number of likely N-dealkylation sites (tertiary alicyclic amines) is 1. The van der Waals surface area contributed by atoms with Crippen molar-refractivity contribution in [1.82, 2.24) is 4.90 Å². The molecule has 1 aromatic carbocycles. The molecule has 2 aliphatic rings. The maximum Gasteiger partial charge on any atom is 0.253 e. The summed E-state index contributed by atoms with van der Waals surface area (Å²) in [6.45, 7) is 8.28. The highest BCUT2D eigenvalue weighted by atomic mass is 16.5. The van der Waals surface area contributed by atoms with Crippen LogP contribution in [0.15, 0.2) is 24.3 Å². The Morgan fingerprint density at radius 3 is 2.56 bits per heavy atom. The van der Waals surface area contributed by atoms with Crippen LogP contribution >= 0.6 is 0 Å². The molecule has 0 bridgehead atoms. The van der Waals surface area contributed by atoms with E-state index in [9.17, 15) is 9.59 Å². The number of rotatable bonds is 4. The van der Waals surface area contributed by atoms with E-state index in [4.69, 9.17) is 9.47 Å². The van der Waals surface area contributed by atoms with Crippen molar-refractivity contribution >= 4 is 23.2 Å². The van der Waals surface area contributed by atoms with Crippen molar-refractivity contribution in [3.05, 3.63) is 24.3 Å². The van der Waals surface area contributed by atoms with Gasteiger partial charge in [0, 0.05) is 37.1 Å². The molecule has 0 spiro atoms. The number of ether oxygens (including phenoxy) is 2. The molecule has 2 saturated heterocycles. The number of carbonyl (C=O) groups excluding carboxylic acids is 2. The lowest BCUT2D eigenvalue weighted by molar-refractivity contribution is -0.125. The van der Waals surface area contributed by atoms with Crippen molar-refractivity contribution in [3.63, 3.8) is 0 Å². The van der Waals surface area contributed by atoms with Crippen LogP contribution in [0.25, 0.3) is 0 Å². The quantitative estimate of drug-likeness (QED) is 0.870. The molecule has 148 valence electrons. The number of hydrogen-bond acceptors (Lipinski definition) is 5. The summed E-state index contributed by atoms with van der Waals surface area (Å²) < 4.78 is 10.6. The van der Waals surface area contributed by atoms with E-state index in [1.54, 1.807) is 12.0 Å². The third kappa shape index (κ3) is 4.48. The van der Waals surface area contributed by atoms with Crippen molar-refractivity contribution in [1.29, 1.82) is 0 Å². The van der Waals surface area contributed by atoms with Gasteiger partial charge in [-0.05, 0) is 51.5 Å². The van der Waals surface area contributed by atoms with E-state index in [1.807, 2.05) is 24.3 Å². The van der Waals surface area contributed by atoms with Crippen LogP contribution in [0.5, 0.6) is 0 Å². The maximum absolute atomic E-state index is 12.9. The molecule has 2 amide bonds. The molecule has 0 saturated carbocycles. The van der Waals surface area contributed by atoms with E-state index in [2.05, 4.69) is 31.0 Å². The molecule has 1 N–H and O–H groups in total. The Morgan fingerprint density at radius 2 is 1.96 bits per heavy atom. The van der Waals surface area contributed by atoms with Gasteiger partial charge in [0.2, 0.25) is 5.91 Å². The van der Waals surface area contributed by atoms with Gasteiger partial charge in [-0.2, -0.15) is 0 Å². The molecule has 27 heavy (non-hydrogen) atoms. The molecule has 0 aliphatic carbocycles. The van der Waals surface area contributed by atoms with Gasteiger partial charge in [0.05, 0.1) is 18.8 Å². The minimum atomic E-state index is -0.226. The first kappa shape index (κ1) is 19.8. The zero-order chi connectivity index (χ0) is 19.6. The molecule has 0 unspecified atom stereocenters. The number of benzene rings is 1. The second-order valence-electron chi connectivity index (χ2n) is 8.07. The highest BCUT2D eigenvalue weighted by Gasteiger charge is 2.42. The first-order chi connectivity index (χ1) is 12.8. The average Bonchev–Trinajstić information content (AvgIpc) is 3.08. The average molecular weight is 375 g/mol. The van der Waals surface area contributed by atoms with Crippen LogP contribution in [0, 0.1) is 0 Å². The molecule has 0 radical (unpaired) electrons. The van der Waals surface area contributed by atoms with E-state index in [0.717, 1.165) is 17.9 Å². The van der Waals surface area contributed by atoms with Crippen LogP contribution in [-0.4, -0.2) is 67.8 Å².